The number of hydrogen-bond donors (Lipinski definition) is 0. The van der Waals surface area contributed by atoms with E-state index in [0.29, 0.717) is 5.41 Å². The molecule has 0 amide bonds. The van der Waals surface area contributed by atoms with E-state index in [1.54, 1.807) is 0 Å². The standard InChI is InChI=1S/C10H19N/c1-10(2,3)7-11-6-8-4-9(11)5-8/h8-9H,4-7H2,1-3H3. The lowest BCUT2D eigenvalue weighted by Crippen LogP contribution is -2.35. The van der Waals surface area contributed by atoms with Crippen LogP contribution in [0.3, 0.4) is 0 Å². The minimum Gasteiger partial charge on any atom is -0.300 e. The third kappa shape index (κ3) is 1.44. The Bertz CT molecular complexity index is 151. The van der Waals surface area contributed by atoms with Gasteiger partial charge in [0.15, 0.2) is 0 Å². The van der Waals surface area contributed by atoms with E-state index in [1.165, 1.54) is 25.9 Å². The van der Waals surface area contributed by atoms with Gasteiger partial charge in [-0.1, -0.05) is 20.8 Å². The first-order chi connectivity index (χ1) is 5.04. The highest BCUT2D eigenvalue weighted by molar-refractivity contribution is 4.97. The quantitative estimate of drug-likeness (QED) is 0.558. The van der Waals surface area contributed by atoms with Crippen LogP contribution in [0, 0.1) is 11.3 Å². The summed E-state index contributed by atoms with van der Waals surface area (Å²) < 4.78 is 0. The molecule has 3 aliphatic rings. The number of nitrogens with zero attached hydrogens (tertiary/aromatic N) is 1. The molecule has 3 rings (SSSR count). The van der Waals surface area contributed by atoms with Gasteiger partial charge in [0.05, 0.1) is 0 Å². The first-order valence-electron chi connectivity index (χ1n) is 4.79. The van der Waals surface area contributed by atoms with Crippen molar-refractivity contribution in [2.75, 3.05) is 13.1 Å². The lowest BCUT2D eigenvalue weighted by Gasteiger charge is -2.30. The predicted octanol–water partition coefficient (Wildman–Crippen LogP) is 2.13. The third-order valence-corrected chi connectivity index (χ3v) is 2.90. The highest BCUT2D eigenvalue weighted by Crippen LogP contribution is 2.41. The van der Waals surface area contributed by atoms with E-state index in [0.717, 1.165) is 12.0 Å². The van der Waals surface area contributed by atoms with Gasteiger partial charge in [0.2, 0.25) is 0 Å². The molecular weight excluding hydrogens is 134 g/mol. The Balaban J connectivity index is 1.88. The van der Waals surface area contributed by atoms with Gasteiger partial charge in [-0.05, 0) is 24.2 Å². The Labute approximate surface area is 69.8 Å². The van der Waals surface area contributed by atoms with E-state index in [4.69, 9.17) is 0 Å². The van der Waals surface area contributed by atoms with Gasteiger partial charge in [0.25, 0.3) is 0 Å². The minimum absolute atomic E-state index is 0.497. The van der Waals surface area contributed by atoms with E-state index in [1.807, 2.05) is 0 Å². The summed E-state index contributed by atoms with van der Waals surface area (Å²) in [6.45, 7) is 9.70. The van der Waals surface area contributed by atoms with Gasteiger partial charge in [0.1, 0.15) is 0 Å². The molecule has 2 aliphatic heterocycles. The molecule has 2 saturated heterocycles. The summed E-state index contributed by atoms with van der Waals surface area (Å²) in [4.78, 5) is 2.69. The molecule has 0 atom stereocenters. The van der Waals surface area contributed by atoms with Gasteiger partial charge in [-0.15, -0.1) is 0 Å². The summed E-state index contributed by atoms with van der Waals surface area (Å²) in [7, 11) is 0. The fourth-order valence-electron chi connectivity index (χ4n) is 2.43. The average Bonchev–Trinajstić information content (AvgIpc) is 2.13. The summed E-state index contributed by atoms with van der Waals surface area (Å²) in [6, 6.07) is 0.972. The van der Waals surface area contributed by atoms with Crippen LogP contribution in [-0.2, 0) is 0 Å². The molecule has 0 aromatic rings. The van der Waals surface area contributed by atoms with Crippen LogP contribution in [0.2, 0.25) is 0 Å². The molecule has 0 aromatic carbocycles. The Hall–Kier alpha value is -0.0400. The van der Waals surface area contributed by atoms with Gasteiger partial charge >= 0.3 is 0 Å². The van der Waals surface area contributed by atoms with Gasteiger partial charge in [-0.25, -0.2) is 0 Å². The van der Waals surface area contributed by atoms with Crippen molar-refractivity contribution in [2.45, 2.75) is 39.7 Å². The van der Waals surface area contributed by atoms with E-state index >= 15 is 0 Å². The molecule has 1 nitrogen and oxygen atoms in total. The zero-order valence-corrected chi connectivity index (χ0v) is 7.93. The van der Waals surface area contributed by atoms with Gasteiger partial charge in [-0.3, -0.25) is 4.90 Å². The van der Waals surface area contributed by atoms with Crippen LogP contribution >= 0.6 is 0 Å². The summed E-state index contributed by atoms with van der Waals surface area (Å²) in [5.74, 6) is 1.07. The highest BCUT2D eigenvalue weighted by Gasteiger charge is 2.43. The Morgan fingerprint density at radius 2 is 1.91 bits per heavy atom. The van der Waals surface area contributed by atoms with E-state index in [9.17, 15) is 0 Å². The van der Waals surface area contributed by atoms with Crippen LogP contribution < -0.4 is 0 Å². The van der Waals surface area contributed by atoms with Gasteiger partial charge < -0.3 is 0 Å². The first-order valence-corrected chi connectivity index (χ1v) is 4.79. The molecule has 1 aliphatic carbocycles. The summed E-state index contributed by atoms with van der Waals surface area (Å²) >= 11 is 0. The molecule has 0 N–H and O–H groups in total. The van der Waals surface area contributed by atoms with Crippen LogP contribution in [0.15, 0.2) is 0 Å². The fourth-order valence-corrected chi connectivity index (χ4v) is 2.43. The lowest BCUT2D eigenvalue weighted by atomic mass is 9.86. The van der Waals surface area contributed by atoms with Crippen LogP contribution in [0.5, 0.6) is 0 Å². The zero-order valence-electron chi connectivity index (χ0n) is 7.93. The number of rotatable bonds is 1. The third-order valence-electron chi connectivity index (χ3n) is 2.90. The highest BCUT2D eigenvalue weighted by atomic mass is 15.2. The Morgan fingerprint density at radius 1 is 1.27 bits per heavy atom. The van der Waals surface area contributed by atoms with Crippen molar-refractivity contribution in [3.05, 3.63) is 0 Å². The second-order valence-electron chi connectivity index (χ2n) is 5.48. The normalized spacial score (nSPS) is 37.4. The Kier molecular flexibility index (Phi) is 1.54. The van der Waals surface area contributed by atoms with Crippen LogP contribution in [0.25, 0.3) is 0 Å². The number of fused-ring (bicyclic) bond motifs is 1. The topological polar surface area (TPSA) is 3.24 Å². The SMILES string of the molecule is CC(C)(C)CN1CC2CC1C2. The van der Waals surface area contributed by atoms with Crippen molar-refractivity contribution < 1.29 is 0 Å². The minimum atomic E-state index is 0.497. The van der Waals surface area contributed by atoms with E-state index in [2.05, 4.69) is 25.7 Å². The van der Waals surface area contributed by atoms with Crippen molar-refractivity contribution in [1.82, 2.24) is 4.90 Å². The van der Waals surface area contributed by atoms with E-state index < -0.39 is 0 Å². The van der Waals surface area contributed by atoms with Gasteiger partial charge in [0, 0.05) is 19.1 Å². The van der Waals surface area contributed by atoms with Crippen LogP contribution in [-0.4, -0.2) is 24.0 Å². The zero-order chi connectivity index (χ0) is 8.06. The molecule has 0 unspecified atom stereocenters. The lowest BCUT2D eigenvalue weighted by molar-refractivity contribution is 0.181. The molecule has 0 aromatic heterocycles. The van der Waals surface area contributed by atoms with Crippen LogP contribution in [0.1, 0.15) is 33.6 Å². The number of hydrogen-bond acceptors (Lipinski definition) is 1. The van der Waals surface area contributed by atoms with Crippen molar-refractivity contribution in [1.29, 1.82) is 0 Å². The van der Waals surface area contributed by atoms with Crippen molar-refractivity contribution in [2.24, 2.45) is 11.3 Å². The molecule has 3 fully saturated rings. The molecular formula is C10H19N. The smallest absolute Gasteiger partial charge is 0.0102 e. The molecule has 0 spiro atoms. The van der Waals surface area contributed by atoms with Crippen molar-refractivity contribution >= 4 is 0 Å². The summed E-state index contributed by atoms with van der Waals surface area (Å²) in [6.07, 6.45) is 2.99. The van der Waals surface area contributed by atoms with Crippen molar-refractivity contribution in [3.8, 4) is 0 Å². The Morgan fingerprint density at radius 3 is 2.27 bits per heavy atom. The largest absolute Gasteiger partial charge is 0.300 e. The molecule has 64 valence electrons. The maximum atomic E-state index is 2.69. The molecule has 2 bridgehead atoms. The van der Waals surface area contributed by atoms with Crippen LogP contribution in [0.4, 0.5) is 0 Å². The maximum Gasteiger partial charge on any atom is 0.0102 e. The average molecular weight is 153 g/mol. The molecule has 1 heteroatoms. The summed E-state index contributed by atoms with van der Waals surface area (Å²) in [5.41, 5.74) is 0.497. The second-order valence-corrected chi connectivity index (χ2v) is 5.48. The molecule has 11 heavy (non-hydrogen) atoms. The molecule has 0 radical (unpaired) electrons. The maximum absolute atomic E-state index is 2.69. The van der Waals surface area contributed by atoms with Crippen molar-refractivity contribution in [3.63, 3.8) is 0 Å². The van der Waals surface area contributed by atoms with Gasteiger partial charge in [-0.2, -0.15) is 0 Å². The molecule has 1 saturated carbocycles. The first kappa shape index (κ1) is 7.60. The second kappa shape index (κ2) is 2.22. The predicted molar refractivity (Wildman–Crippen MR) is 47.5 cm³/mol. The monoisotopic (exact) mass is 153 g/mol. The molecule has 2 heterocycles. The fraction of sp³-hybridized carbons (Fsp3) is 1.00. The van der Waals surface area contributed by atoms with E-state index in [-0.39, 0.29) is 0 Å². The summed E-state index contributed by atoms with van der Waals surface area (Å²) in [5, 5.41) is 0.